The molecule has 0 aromatic rings. The second-order valence-electron chi connectivity index (χ2n) is 4.51. The van der Waals surface area contributed by atoms with Crippen LogP contribution in [0.5, 0.6) is 0 Å². The molecule has 1 aliphatic heterocycles. The molecule has 0 spiro atoms. The van der Waals surface area contributed by atoms with Crippen molar-refractivity contribution in [3.63, 3.8) is 0 Å². The summed E-state index contributed by atoms with van der Waals surface area (Å²) < 4.78 is 23.7. The minimum absolute atomic E-state index is 0.151. The van der Waals surface area contributed by atoms with Gasteiger partial charge in [-0.2, -0.15) is 0 Å². The lowest BCUT2D eigenvalue weighted by molar-refractivity contribution is -0.126. The van der Waals surface area contributed by atoms with Crippen LogP contribution in [0.1, 0.15) is 26.2 Å². The number of nitrogens with two attached hydrogens (primary N) is 1. The zero-order valence-corrected chi connectivity index (χ0v) is 10.0. The highest BCUT2D eigenvalue weighted by Gasteiger charge is 2.44. The molecule has 1 saturated heterocycles. The lowest BCUT2D eigenvalue weighted by Gasteiger charge is -2.28. The largest absolute Gasteiger partial charge is 0.294 e. The third kappa shape index (κ3) is 1.66. The number of carbonyl (C=O) groups excluding carboxylic acids is 1. The van der Waals surface area contributed by atoms with E-state index in [-0.39, 0.29) is 23.5 Å². The molecule has 1 fully saturated rings. The summed E-state index contributed by atoms with van der Waals surface area (Å²) in [6.45, 7) is 1.85. The molecule has 0 saturated carbocycles. The third-order valence-corrected chi connectivity index (χ3v) is 5.68. The molecule has 3 N–H and O–H groups in total. The van der Waals surface area contributed by atoms with Crippen LogP contribution in [0.2, 0.25) is 0 Å². The maximum Gasteiger partial charge on any atom is 0.237 e. The van der Waals surface area contributed by atoms with Crippen LogP contribution in [0.25, 0.3) is 0 Å². The molecule has 5 nitrogen and oxygen atoms in total. The first-order valence-corrected chi connectivity index (χ1v) is 7.05. The molecule has 0 aromatic carbocycles. The van der Waals surface area contributed by atoms with Gasteiger partial charge in [-0.1, -0.05) is 5.57 Å². The number of hydrogen-bond acceptors (Lipinski definition) is 4. The van der Waals surface area contributed by atoms with E-state index in [1.165, 1.54) is 0 Å². The van der Waals surface area contributed by atoms with Crippen LogP contribution < -0.4 is 11.3 Å². The maximum absolute atomic E-state index is 11.8. The first kappa shape index (κ1) is 11.6. The van der Waals surface area contributed by atoms with E-state index in [2.05, 4.69) is 5.43 Å². The van der Waals surface area contributed by atoms with Crippen LogP contribution >= 0.6 is 0 Å². The van der Waals surface area contributed by atoms with E-state index in [0.29, 0.717) is 24.2 Å². The first-order chi connectivity index (χ1) is 7.47. The monoisotopic (exact) mass is 244 g/mol. The highest BCUT2D eigenvalue weighted by molar-refractivity contribution is 7.95. The lowest BCUT2D eigenvalue weighted by Crippen LogP contribution is -2.40. The SMILES string of the molecule is CC1=C2[C@H](CCS2(=O)=O)[C@@H](C(=O)NN)CC1. The average molecular weight is 244 g/mol. The maximum atomic E-state index is 11.8. The minimum Gasteiger partial charge on any atom is -0.294 e. The summed E-state index contributed by atoms with van der Waals surface area (Å²) in [7, 11) is -3.11. The van der Waals surface area contributed by atoms with E-state index in [1.807, 2.05) is 6.92 Å². The molecule has 0 radical (unpaired) electrons. The van der Waals surface area contributed by atoms with Gasteiger partial charge >= 0.3 is 0 Å². The summed E-state index contributed by atoms with van der Waals surface area (Å²) in [5.41, 5.74) is 3.05. The van der Waals surface area contributed by atoms with Crippen molar-refractivity contribution in [2.24, 2.45) is 17.7 Å². The van der Waals surface area contributed by atoms with E-state index < -0.39 is 9.84 Å². The van der Waals surface area contributed by atoms with Crippen molar-refractivity contribution >= 4 is 15.7 Å². The molecule has 1 aliphatic carbocycles. The minimum atomic E-state index is -3.11. The van der Waals surface area contributed by atoms with Gasteiger partial charge < -0.3 is 0 Å². The number of hydrogen-bond donors (Lipinski definition) is 2. The van der Waals surface area contributed by atoms with Gasteiger partial charge in [-0.25, -0.2) is 14.3 Å². The van der Waals surface area contributed by atoms with Crippen molar-refractivity contribution in [1.82, 2.24) is 5.43 Å². The lowest BCUT2D eigenvalue weighted by atomic mass is 9.79. The molecule has 2 aliphatic rings. The third-order valence-electron chi connectivity index (χ3n) is 3.59. The molecule has 90 valence electrons. The van der Waals surface area contributed by atoms with Crippen molar-refractivity contribution in [3.05, 3.63) is 10.5 Å². The Morgan fingerprint density at radius 3 is 2.75 bits per heavy atom. The van der Waals surface area contributed by atoms with Crippen LogP contribution in [0.4, 0.5) is 0 Å². The van der Waals surface area contributed by atoms with Crippen LogP contribution in [0, 0.1) is 11.8 Å². The molecule has 2 rings (SSSR count). The summed E-state index contributed by atoms with van der Waals surface area (Å²) in [5, 5.41) is 0. The van der Waals surface area contributed by atoms with Gasteiger partial charge in [0, 0.05) is 16.7 Å². The number of sulfone groups is 1. The molecular weight excluding hydrogens is 228 g/mol. The summed E-state index contributed by atoms with van der Waals surface area (Å²) >= 11 is 0. The Morgan fingerprint density at radius 2 is 2.12 bits per heavy atom. The number of allylic oxidation sites excluding steroid dienone is 2. The summed E-state index contributed by atoms with van der Waals surface area (Å²) in [6.07, 6.45) is 1.91. The zero-order chi connectivity index (χ0) is 11.9. The van der Waals surface area contributed by atoms with Crippen molar-refractivity contribution in [2.45, 2.75) is 26.2 Å². The first-order valence-electron chi connectivity index (χ1n) is 5.40. The number of carbonyl (C=O) groups is 1. The van der Waals surface area contributed by atoms with Gasteiger partial charge in [-0.3, -0.25) is 10.2 Å². The van der Waals surface area contributed by atoms with Crippen molar-refractivity contribution < 1.29 is 13.2 Å². The fraction of sp³-hybridized carbons (Fsp3) is 0.700. The van der Waals surface area contributed by atoms with Crippen molar-refractivity contribution in [1.29, 1.82) is 0 Å². The number of fused-ring (bicyclic) bond motifs is 1. The fourth-order valence-electron chi connectivity index (χ4n) is 2.84. The number of rotatable bonds is 1. The Kier molecular flexibility index (Phi) is 2.79. The second kappa shape index (κ2) is 3.85. The van der Waals surface area contributed by atoms with Crippen LogP contribution in [0.3, 0.4) is 0 Å². The van der Waals surface area contributed by atoms with Gasteiger partial charge in [0.05, 0.1) is 5.75 Å². The summed E-state index contributed by atoms with van der Waals surface area (Å²) in [4.78, 5) is 12.1. The van der Waals surface area contributed by atoms with Crippen molar-refractivity contribution in [2.75, 3.05) is 5.75 Å². The molecule has 2 atom stereocenters. The standard InChI is InChI=1S/C10H16N2O3S/c1-6-2-3-8(10(13)12-11)7-4-5-16(14,15)9(6)7/h7-8H,2-5,11H2,1H3,(H,12,13)/t7-,8+/m1/s1. The van der Waals surface area contributed by atoms with Crippen molar-refractivity contribution in [3.8, 4) is 0 Å². The highest BCUT2D eigenvalue weighted by atomic mass is 32.2. The van der Waals surface area contributed by atoms with Gasteiger partial charge in [0.1, 0.15) is 0 Å². The Balaban J connectivity index is 2.40. The fourth-order valence-corrected chi connectivity index (χ4v) is 5.00. The van der Waals surface area contributed by atoms with Gasteiger partial charge in [0.2, 0.25) is 5.91 Å². The van der Waals surface area contributed by atoms with Gasteiger partial charge in [0.15, 0.2) is 9.84 Å². The van der Waals surface area contributed by atoms with Crippen LogP contribution in [-0.2, 0) is 14.6 Å². The predicted molar refractivity (Wildman–Crippen MR) is 59.6 cm³/mol. The number of hydrazine groups is 1. The highest BCUT2D eigenvalue weighted by Crippen LogP contribution is 2.44. The molecule has 0 aromatic heterocycles. The van der Waals surface area contributed by atoms with E-state index in [9.17, 15) is 13.2 Å². The molecule has 0 unspecified atom stereocenters. The second-order valence-corrected chi connectivity index (χ2v) is 6.59. The molecule has 1 amide bonds. The number of amides is 1. The van der Waals surface area contributed by atoms with E-state index in [4.69, 9.17) is 5.84 Å². The quantitative estimate of drug-likeness (QED) is 0.389. The normalized spacial score (nSPS) is 32.4. The van der Waals surface area contributed by atoms with Crippen LogP contribution in [0.15, 0.2) is 10.5 Å². The molecule has 0 bridgehead atoms. The van der Waals surface area contributed by atoms with E-state index in [0.717, 1.165) is 5.57 Å². The average Bonchev–Trinajstić information content (AvgIpc) is 2.55. The molecule has 16 heavy (non-hydrogen) atoms. The summed E-state index contributed by atoms with van der Waals surface area (Å²) in [6, 6.07) is 0. The topological polar surface area (TPSA) is 89.3 Å². The van der Waals surface area contributed by atoms with Gasteiger partial charge in [0.25, 0.3) is 0 Å². The molecule has 6 heteroatoms. The van der Waals surface area contributed by atoms with E-state index in [1.54, 1.807) is 0 Å². The predicted octanol–water partition coefficient (Wildman–Crippen LogP) is 0.0950. The summed E-state index contributed by atoms with van der Waals surface area (Å²) in [5.74, 6) is 4.62. The van der Waals surface area contributed by atoms with Gasteiger partial charge in [-0.05, 0) is 26.2 Å². The Bertz CT molecular complexity index is 453. The molecule has 1 heterocycles. The zero-order valence-electron chi connectivity index (χ0n) is 9.19. The Morgan fingerprint density at radius 1 is 1.44 bits per heavy atom. The van der Waals surface area contributed by atoms with Gasteiger partial charge in [-0.15, -0.1) is 0 Å². The Labute approximate surface area is 95.0 Å². The van der Waals surface area contributed by atoms with Crippen LogP contribution in [-0.4, -0.2) is 20.1 Å². The molecular formula is C10H16N2O3S. The van der Waals surface area contributed by atoms with E-state index >= 15 is 0 Å². The number of nitrogens with one attached hydrogen (secondary N) is 1. The Hall–Kier alpha value is -0.880. The smallest absolute Gasteiger partial charge is 0.237 e.